The molecular weight excluding hydrogens is 252 g/mol. The SMILES string of the molecule is O=CN1CCN(c2ccnnc2-c2ccccc2)CC1. The van der Waals surface area contributed by atoms with Gasteiger partial charge >= 0.3 is 0 Å². The van der Waals surface area contributed by atoms with Crippen molar-refractivity contribution in [1.29, 1.82) is 0 Å². The first-order valence-corrected chi connectivity index (χ1v) is 6.70. The molecule has 0 atom stereocenters. The Hall–Kier alpha value is -2.43. The van der Waals surface area contributed by atoms with Gasteiger partial charge in [0.15, 0.2) is 0 Å². The van der Waals surface area contributed by atoms with Crippen LogP contribution in [0.4, 0.5) is 5.69 Å². The molecule has 0 N–H and O–H groups in total. The zero-order chi connectivity index (χ0) is 13.8. The first-order valence-electron chi connectivity index (χ1n) is 6.70. The molecule has 1 aromatic carbocycles. The molecule has 0 saturated carbocycles. The van der Waals surface area contributed by atoms with Gasteiger partial charge in [-0.1, -0.05) is 30.3 Å². The van der Waals surface area contributed by atoms with Crippen molar-refractivity contribution >= 4 is 12.1 Å². The van der Waals surface area contributed by atoms with Crippen molar-refractivity contribution in [2.75, 3.05) is 31.1 Å². The van der Waals surface area contributed by atoms with E-state index in [1.165, 1.54) is 0 Å². The molecule has 2 heterocycles. The van der Waals surface area contributed by atoms with Gasteiger partial charge in [0.2, 0.25) is 6.41 Å². The molecule has 0 bridgehead atoms. The van der Waals surface area contributed by atoms with Crippen LogP contribution in [0.3, 0.4) is 0 Å². The van der Waals surface area contributed by atoms with E-state index in [4.69, 9.17) is 0 Å². The van der Waals surface area contributed by atoms with Crippen LogP contribution in [0.15, 0.2) is 42.6 Å². The summed E-state index contributed by atoms with van der Waals surface area (Å²) in [6.45, 7) is 3.15. The quantitative estimate of drug-likeness (QED) is 0.790. The number of aromatic nitrogens is 2. The number of rotatable bonds is 3. The van der Waals surface area contributed by atoms with Crippen LogP contribution in [0.5, 0.6) is 0 Å². The Kier molecular flexibility index (Phi) is 3.58. The van der Waals surface area contributed by atoms with Crippen molar-refractivity contribution in [3.63, 3.8) is 0 Å². The van der Waals surface area contributed by atoms with Gasteiger partial charge in [0.05, 0.1) is 11.9 Å². The van der Waals surface area contributed by atoms with E-state index in [2.05, 4.69) is 15.1 Å². The average molecular weight is 268 g/mol. The molecule has 1 amide bonds. The summed E-state index contributed by atoms with van der Waals surface area (Å²) in [4.78, 5) is 14.8. The molecule has 1 aliphatic rings. The lowest BCUT2D eigenvalue weighted by Gasteiger charge is -2.34. The van der Waals surface area contributed by atoms with Crippen LogP contribution in [0.2, 0.25) is 0 Å². The van der Waals surface area contributed by atoms with E-state index in [9.17, 15) is 4.79 Å². The highest BCUT2D eigenvalue weighted by Gasteiger charge is 2.19. The summed E-state index contributed by atoms with van der Waals surface area (Å²) in [7, 11) is 0. The summed E-state index contributed by atoms with van der Waals surface area (Å²) in [5.74, 6) is 0. The lowest BCUT2D eigenvalue weighted by Crippen LogP contribution is -2.45. The van der Waals surface area contributed by atoms with Crippen LogP contribution in [0.25, 0.3) is 11.3 Å². The molecule has 102 valence electrons. The zero-order valence-corrected chi connectivity index (χ0v) is 11.1. The number of amides is 1. The molecule has 1 aliphatic heterocycles. The van der Waals surface area contributed by atoms with Crippen LogP contribution in [0.1, 0.15) is 0 Å². The van der Waals surface area contributed by atoms with Gasteiger partial charge in [-0.15, -0.1) is 5.10 Å². The number of piperazine rings is 1. The van der Waals surface area contributed by atoms with Crippen LogP contribution >= 0.6 is 0 Å². The third-order valence-corrected chi connectivity index (χ3v) is 3.55. The largest absolute Gasteiger partial charge is 0.366 e. The highest BCUT2D eigenvalue weighted by Crippen LogP contribution is 2.28. The van der Waals surface area contributed by atoms with Gasteiger partial charge in [0, 0.05) is 31.7 Å². The predicted molar refractivity (Wildman–Crippen MR) is 77.3 cm³/mol. The van der Waals surface area contributed by atoms with Gasteiger partial charge in [0.1, 0.15) is 5.69 Å². The minimum Gasteiger partial charge on any atom is -0.366 e. The molecule has 1 saturated heterocycles. The summed E-state index contributed by atoms with van der Waals surface area (Å²) in [6, 6.07) is 12.1. The van der Waals surface area contributed by atoms with Gasteiger partial charge in [-0.05, 0) is 6.07 Å². The highest BCUT2D eigenvalue weighted by molar-refractivity contribution is 5.74. The molecular formula is C15H16N4O. The van der Waals surface area contributed by atoms with Crippen molar-refractivity contribution in [3.05, 3.63) is 42.6 Å². The molecule has 1 fully saturated rings. The highest BCUT2D eigenvalue weighted by atomic mass is 16.1. The Bertz CT molecular complexity index is 579. The number of carbonyl (C=O) groups excluding carboxylic acids is 1. The fourth-order valence-electron chi connectivity index (χ4n) is 2.45. The lowest BCUT2D eigenvalue weighted by molar-refractivity contribution is -0.118. The maximum Gasteiger partial charge on any atom is 0.209 e. The molecule has 0 unspecified atom stereocenters. The van der Waals surface area contributed by atoms with E-state index in [1.54, 1.807) is 11.1 Å². The summed E-state index contributed by atoms with van der Waals surface area (Å²) in [5, 5.41) is 8.29. The number of benzene rings is 1. The van der Waals surface area contributed by atoms with Crippen LogP contribution < -0.4 is 4.90 Å². The fourth-order valence-corrected chi connectivity index (χ4v) is 2.45. The smallest absolute Gasteiger partial charge is 0.209 e. The molecule has 0 spiro atoms. The van der Waals surface area contributed by atoms with Crippen molar-refractivity contribution < 1.29 is 4.79 Å². The van der Waals surface area contributed by atoms with Crippen molar-refractivity contribution in [1.82, 2.24) is 15.1 Å². The minimum absolute atomic E-state index is 0.750. The summed E-state index contributed by atoms with van der Waals surface area (Å²) in [5.41, 5.74) is 3.04. The number of anilines is 1. The van der Waals surface area contributed by atoms with Crippen molar-refractivity contribution in [2.24, 2.45) is 0 Å². The van der Waals surface area contributed by atoms with Crippen LogP contribution in [-0.4, -0.2) is 47.7 Å². The van der Waals surface area contributed by atoms with E-state index in [1.807, 2.05) is 36.4 Å². The second-order valence-electron chi connectivity index (χ2n) is 4.76. The predicted octanol–water partition coefficient (Wildman–Crippen LogP) is 1.42. The molecule has 5 nitrogen and oxygen atoms in total. The monoisotopic (exact) mass is 268 g/mol. The first kappa shape index (κ1) is 12.6. The average Bonchev–Trinajstić information content (AvgIpc) is 2.56. The Balaban J connectivity index is 1.89. The number of hydrogen-bond donors (Lipinski definition) is 0. The molecule has 20 heavy (non-hydrogen) atoms. The Morgan fingerprint density at radius 3 is 2.45 bits per heavy atom. The molecule has 3 rings (SSSR count). The van der Waals surface area contributed by atoms with E-state index in [-0.39, 0.29) is 0 Å². The topological polar surface area (TPSA) is 49.3 Å². The van der Waals surface area contributed by atoms with E-state index in [0.717, 1.165) is 49.5 Å². The third kappa shape index (κ3) is 2.47. The minimum atomic E-state index is 0.750. The van der Waals surface area contributed by atoms with Crippen LogP contribution in [-0.2, 0) is 4.79 Å². The van der Waals surface area contributed by atoms with Crippen LogP contribution in [0, 0.1) is 0 Å². The lowest BCUT2D eigenvalue weighted by atomic mass is 10.1. The maximum atomic E-state index is 10.8. The van der Waals surface area contributed by atoms with E-state index in [0.29, 0.717) is 0 Å². The molecule has 0 aliphatic carbocycles. The second-order valence-corrected chi connectivity index (χ2v) is 4.76. The first-order chi connectivity index (χ1) is 9.88. The number of hydrogen-bond acceptors (Lipinski definition) is 4. The summed E-state index contributed by atoms with van der Waals surface area (Å²) < 4.78 is 0. The molecule has 2 aromatic rings. The van der Waals surface area contributed by atoms with Crippen molar-refractivity contribution in [2.45, 2.75) is 0 Å². The summed E-state index contributed by atoms with van der Waals surface area (Å²) in [6.07, 6.45) is 2.63. The van der Waals surface area contributed by atoms with Gasteiger partial charge < -0.3 is 9.80 Å². The second kappa shape index (κ2) is 5.69. The van der Waals surface area contributed by atoms with E-state index >= 15 is 0 Å². The Labute approximate surface area is 117 Å². The normalized spacial score (nSPS) is 15.2. The standard InChI is InChI=1S/C15H16N4O/c20-12-18-8-10-19(11-9-18)14-6-7-16-17-15(14)13-4-2-1-3-5-13/h1-7,12H,8-11H2. The fraction of sp³-hybridized carbons (Fsp3) is 0.267. The number of nitrogens with zero attached hydrogens (tertiary/aromatic N) is 4. The van der Waals surface area contributed by atoms with Gasteiger partial charge in [-0.2, -0.15) is 5.10 Å². The third-order valence-electron chi connectivity index (χ3n) is 3.55. The Morgan fingerprint density at radius 1 is 1.00 bits per heavy atom. The van der Waals surface area contributed by atoms with Crippen molar-refractivity contribution in [3.8, 4) is 11.3 Å². The van der Waals surface area contributed by atoms with Gasteiger partial charge in [0.25, 0.3) is 0 Å². The van der Waals surface area contributed by atoms with E-state index < -0.39 is 0 Å². The molecule has 1 aromatic heterocycles. The number of carbonyl (C=O) groups is 1. The Morgan fingerprint density at radius 2 is 1.75 bits per heavy atom. The zero-order valence-electron chi connectivity index (χ0n) is 11.1. The summed E-state index contributed by atoms with van der Waals surface area (Å²) >= 11 is 0. The van der Waals surface area contributed by atoms with Gasteiger partial charge in [-0.25, -0.2) is 0 Å². The maximum absolute atomic E-state index is 10.8. The van der Waals surface area contributed by atoms with Gasteiger partial charge in [-0.3, -0.25) is 4.79 Å². The molecule has 0 radical (unpaired) electrons. The molecule has 5 heteroatoms.